The highest BCUT2D eigenvalue weighted by Crippen LogP contribution is 2.28. The summed E-state index contributed by atoms with van der Waals surface area (Å²) in [4.78, 5) is 14.7. The molecule has 0 N–H and O–H groups in total. The minimum absolute atomic E-state index is 0.0670. The van der Waals surface area contributed by atoms with Crippen LogP contribution in [0.15, 0.2) is 27.6 Å². The molecule has 0 saturated carbocycles. The van der Waals surface area contributed by atoms with Gasteiger partial charge in [-0.25, -0.2) is 8.42 Å². The lowest BCUT2D eigenvalue weighted by Crippen LogP contribution is -2.46. The van der Waals surface area contributed by atoms with Crippen molar-refractivity contribution < 1.29 is 22.5 Å². The Hall–Kier alpha value is -2.39. The SMILES string of the molecule is Cc1cc(C)cc(OCCN(C)C(=O)C2CCCN(S(=O)(=O)c3c(C)noc3C)C2)c1. The predicted molar refractivity (Wildman–Crippen MR) is 117 cm³/mol. The maximum absolute atomic E-state index is 13.1. The van der Waals surface area contributed by atoms with Crippen molar-refractivity contribution in [2.45, 2.75) is 45.4 Å². The maximum Gasteiger partial charge on any atom is 0.248 e. The average molecular weight is 450 g/mol. The molecule has 1 amide bonds. The highest BCUT2D eigenvalue weighted by Gasteiger charge is 2.37. The molecule has 8 nitrogen and oxygen atoms in total. The number of carbonyl (C=O) groups excluding carboxylic acids is 1. The van der Waals surface area contributed by atoms with E-state index in [-0.39, 0.29) is 29.0 Å². The third-order valence-electron chi connectivity index (χ3n) is 5.57. The summed E-state index contributed by atoms with van der Waals surface area (Å²) in [6.07, 6.45) is 1.29. The van der Waals surface area contributed by atoms with Crippen LogP contribution in [0.1, 0.15) is 35.4 Å². The van der Waals surface area contributed by atoms with E-state index in [1.54, 1.807) is 25.8 Å². The Morgan fingerprint density at radius 1 is 1.23 bits per heavy atom. The molecule has 1 aromatic heterocycles. The zero-order chi connectivity index (χ0) is 22.8. The maximum atomic E-state index is 13.1. The summed E-state index contributed by atoms with van der Waals surface area (Å²) in [6.45, 7) is 8.57. The summed E-state index contributed by atoms with van der Waals surface area (Å²) in [5, 5.41) is 3.76. The normalized spacial score (nSPS) is 17.5. The molecule has 2 heterocycles. The second kappa shape index (κ2) is 9.40. The van der Waals surface area contributed by atoms with E-state index >= 15 is 0 Å². The molecular formula is C22H31N3O5S. The predicted octanol–water partition coefficient (Wildman–Crippen LogP) is 2.85. The molecular weight excluding hydrogens is 418 g/mol. The number of benzene rings is 1. The lowest BCUT2D eigenvalue weighted by molar-refractivity contribution is -0.135. The van der Waals surface area contributed by atoms with Crippen molar-refractivity contribution in [3.8, 4) is 5.75 Å². The number of aromatic nitrogens is 1. The van der Waals surface area contributed by atoms with Gasteiger partial charge in [0.15, 0.2) is 5.76 Å². The Bertz CT molecular complexity index is 1010. The molecule has 1 atom stereocenters. The summed E-state index contributed by atoms with van der Waals surface area (Å²) < 4.78 is 38.4. The van der Waals surface area contributed by atoms with E-state index < -0.39 is 10.0 Å². The number of hydrogen-bond donors (Lipinski definition) is 0. The van der Waals surface area contributed by atoms with Gasteiger partial charge in [0.1, 0.15) is 22.9 Å². The Labute approximate surface area is 184 Å². The number of amides is 1. The van der Waals surface area contributed by atoms with E-state index in [9.17, 15) is 13.2 Å². The third kappa shape index (κ3) is 5.27. The van der Waals surface area contributed by atoms with Crippen LogP contribution < -0.4 is 4.74 Å². The van der Waals surface area contributed by atoms with Gasteiger partial charge in [0, 0.05) is 20.1 Å². The fraction of sp³-hybridized carbons (Fsp3) is 0.545. The van der Waals surface area contributed by atoms with Crippen LogP contribution in [0.2, 0.25) is 0 Å². The average Bonchev–Trinajstić information content (AvgIpc) is 3.05. The van der Waals surface area contributed by atoms with Crippen molar-refractivity contribution >= 4 is 15.9 Å². The number of piperidine rings is 1. The number of sulfonamides is 1. The summed E-state index contributed by atoms with van der Waals surface area (Å²) in [6, 6.07) is 6.01. The minimum Gasteiger partial charge on any atom is -0.492 e. The van der Waals surface area contributed by atoms with Gasteiger partial charge in [-0.2, -0.15) is 4.31 Å². The largest absolute Gasteiger partial charge is 0.492 e. The molecule has 0 bridgehead atoms. The standard InChI is InChI=1S/C22H31N3O5S/c1-15-11-16(2)13-20(12-15)29-10-9-24(5)22(26)19-7-6-8-25(14-19)31(27,28)21-17(3)23-30-18(21)4/h11-13,19H,6-10,14H2,1-5H3. The van der Waals surface area contributed by atoms with Gasteiger partial charge >= 0.3 is 0 Å². The van der Waals surface area contributed by atoms with Gasteiger partial charge in [-0.15, -0.1) is 0 Å². The first-order valence-electron chi connectivity index (χ1n) is 10.5. The van der Waals surface area contributed by atoms with E-state index in [1.165, 1.54) is 4.31 Å². The monoisotopic (exact) mass is 449 g/mol. The van der Waals surface area contributed by atoms with Crippen LogP contribution in [0.3, 0.4) is 0 Å². The second-order valence-electron chi connectivity index (χ2n) is 8.29. The Kier molecular flexibility index (Phi) is 7.06. The van der Waals surface area contributed by atoms with Gasteiger partial charge in [0.2, 0.25) is 15.9 Å². The summed E-state index contributed by atoms with van der Waals surface area (Å²) >= 11 is 0. The molecule has 31 heavy (non-hydrogen) atoms. The summed E-state index contributed by atoms with van der Waals surface area (Å²) in [7, 11) is -2.02. The first-order valence-corrected chi connectivity index (χ1v) is 11.9. The molecule has 1 aliphatic rings. The Morgan fingerprint density at radius 3 is 2.52 bits per heavy atom. The van der Waals surface area contributed by atoms with E-state index in [1.807, 2.05) is 26.0 Å². The zero-order valence-electron chi connectivity index (χ0n) is 18.8. The highest BCUT2D eigenvalue weighted by molar-refractivity contribution is 7.89. The van der Waals surface area contributed by atoms with Crippen LogP contribution in [0.25, 0.3) is 0 Å². The van der Waals surface area contributed by atoms with E-state index in [0.717, 1.165) is 16.9 Å². The Morgan fingerprint density at radius 2 is 1.90 bits per heavy atom. The van der Waals surface area contributed by atoms with Crippen LogP contribution in [0, 0.1) is 33.6 Å². The fourth-order valence-electron chi connectivity index (χ4n) is 4.07. The van der Waals surface area contributed by atoms with Gasteiger partial charge in [-0.1, -0.05) is 11.2 Å². The van der Waals surface area contributed by atoms with Crippen LogP contribution in [0.5, 0.6) is 5.75 Å². The number of nitrogens with zero attached hydrogens (tertiary/aromatic N) is 3. The molecule has 170 valence electrons. The third-order valence-corrected chi connectivity index (χ3v) is 7.68. The lowest BCUT2D eigenvalue weighted by Gasteiger charge is -2.33. The lowest BCUT2D eigenvalue weighted by atomic mass is 9.98. The van der Waals surface area contributed by atoms with Crippen molar-refractivity contribution in [1.29, 1.82) is 0 Å². The Balaban J connectivity index is 1.60. The summed E-state index contributed by atoms with van der Waals surface area (Å²) in [5.41, 5.74) is 2.59. The van der Waals surface area contributed by atoms with Crippen LogP contribution in [-0.4, -0.2) is 62.0 Å². The smallest absolute Gasteiger partial charge is 0.248 e. The molecule has 1 fully saturated rings. The molecule has 1 unspecified atom stereocenters. The van der Waals surface area contributed by atoms with Gasteiger partial charge < -0.3 is 14.2 Å². The van der Waals surface area contributed by atoms with Gasteiger partial charge in [0.05, 0.1) is 12.5 Å². The highest BCUT2D eigenvalue weighted by atomic mass is 32.2. The number of aryl methyl sites for hydroxylation is 4. The fourth-order valence-corrected chi connectivity index (χ4v) is 5.89. The second-order valence-corrected chi connectivity index (χ2v) is 10.2. The van der Waals surface area contributed by atoms with Crippen LogP contribution in [-0.2, 0) is 14.8 Å². The molecule has 2 aromatic rings. The quantitative estimate of drug-likeness (QED) is 0.645. The molecule has 0 aliphatic carbocycles. The number of rotatable bonds is 7. The first kappa shape index (κ1) is 23.3. The molecule has 0 spiro atoms. The first-order chi connectivity index (χ1) is 14.6. The molecule has 1 aliphatic heterocycles. The number of ether oxygens (including phenoxy) is 1. The van der Waals surface area contributed by atoms with Gasteiger partial charge in [0.25, 0.3) is 0 Å². The van der Waals surface area contributed by atoms with Crippen molar-refractivity contribution in [2.75, 3.05) is 33.3 Å². The van der Waals surface area contributed by atoms with Crippen molar-refractivity contribution in [2.24, 2.45) is 5.92 Å². The molecule has 3 rings (SSSR count). The number of hydrogen-bond acceptors (Lipinski definition) is 6. The molecule has 1 saturated heterocycles. The molecule has 1 aromatic carbocycles. The number of likely N-dealkylation sites (N-methyl/N-ethyl adjacent to an activating group) is 1. The molecule has 0 radical (unpaired) electrons. The summed E-state index contributed by atoms with van der Waals surface area (Å²) in [5.74, 6) is 0.609. The zero-order valence-corrected chi connectivity index (χ0v) is 19.7. The van der Waals surface area contributed by atoms with Crippen LogP contribution >= 0.6 is 0 Å². The topological polar surface area (TPSA) is 93.0 Å². The van der Waals surface area contributed by atoms with Crippen molar-refractivity contribution in [1.82, 2.24) is 14.4 Å². The van der Waals surface area contributed by atoms with E-state index in [4.69, 9.17) is 9.26 Å². The van der Waals surface area contributed by atoms with Crippen molar-refractivity contribution in [3.05, 3.63) is 40.8 Å². The van der Waals surface area contributed by atoms with Gasteiger partial charge in [-0.05, 0) is 63.8 Å². The number of carbonyl (C=O) groups is 1. The van der Waals surface area contributed by atoms with Crippen molar-refractivity contribution in [3.63, 3.8) is 0 Å². The van der Waals surface area contributed by atoms with E-state index in [2.05, 4.69) is 11.2 Å². The van der Waals surface area contributed by atoms with Crippen LogP contribution in [0.4, 0.5) is 0 Å². The molecule has 9 heteroatoms. The van der Waals surface area contributed by atoms with E-state index in [0.29, 0.717) is 38.2 Å². The van der Waals surface area contributed by atoms with Gasteiger partial charge in [-0.3, -0.25) is 4.79 Å². The minimum atomic E-state index is -3.75.